The highest BCUT2D eigenvalue weighted by Gasteiger charge is 2.12. The number of benzene rings is 1. The number of hydrogen-bond acceptors (Lipinski definition) is 5. The number of amides is 1. The fourth-order valence-electron chi connectivity index (χ4n) is 1.39. The third kappa shape index (κ3) is 2.23. The SMILES string of the molecule is Cn1ncnc1NC(=O)c1ccccc1NN. The van der Waals surface area contributed by atoms with Crippen LogP contribution in [0, 0.1) is 0 Å². The first-order valence-corrected chi connectivity index (χ1v) is 4.93. The van der Waals surface area contributed by atoms with Crippen molar-refractivity contribution >= 4 is 17.5 Å². The number of carbonyl (C=O) groups is 1. The predicted octanol–water partition coefficient (Wildman–Crippen LogP) is 0.353. The van der Waals surface area contributed by atoms with Crippen LogP contribution in [0.25, 0.3) is 0 Å². The van der Waals surface area contributed by atoms with Crippen LogP contribution in [0.5, 0.6) is 0 Å². The monoisotopic (exact) mass is 232 g/mol. The van der Waals surface area contributed by atoms with E-state index in [0.29, 0.717) is 17.2 Å². The Morgan fingerprint density at radius 2 is 2.18 bits per heavy atom. The summed E-state index contributed by atoms with van der Waals surface area (Å²) < 4.78 is 1.47. The first kappa shape index (κ1) is 11.1. The number of aryl methyl sites for hydroxylation is 1. The van der Waals surface area contributed by atoms with Crippen LogP contribution in [0.4, 0.5) is 11.6 Å². The molecule has 0 unspecified atom stereocenters. The van der Waals surface area contributed by atoms with Crippen molar-refractivity contribution in [2.45, 2.75) is 0 Å². The molecule has 0 aliphatic rings. The Labute approximate surface area is 97.6 Å². The third-order valence-electron chi connectivity index (χ3n) is 2.26. The molecule has 0 saturated heterocycles. The van der Waals surface area contributed by atoms with Crippen molar-refractivity contribution < 1.29 is 4.79 Å². The van der Waals surface area contributed by atoms with Crippen molar-refractivity contribution in [3.8, 4) is 0 Å². The number of para-hydroxylation sites is 1. The number of nitrogens with zero attached hydrogens (tertiary/aromatic N) is 3. The van der Waals surface area contributed by atoms with Gasteiger partial charge in [0.05, 0.1) is 11.3 Å². The Morgan fingerprint density at radius 1 is 1.41 bits per heavy atom. The second-order valence-electron chi connectivity index (χ2n) is 3.35. The molecule has 0 atom stereocenters. The summed E-state index contributed by atoms with van der Waals surface area (Å²) in [5.74, 6) is 5.41. The summed E-state index contributed by atoms with van der Waals surface area (Å²) >= 11 is 0. The van der Waals surface area contributed by atoms with E-state index in [4.69, 9.17) is 5.84 Å². The van der Waals surface area contributed by atoms with Crippen LogP contribution in [0.3, 0.4) is 0 Å². The summed E-state index contributed by atoms with van der Waals surface area (Å²) in [5, 5.41) is 6.49. The summed E-state index contributed by atoms with van der Waals surface area (Å²) in [6.45, 7) is 0. The highest BCUT2D eigenvalue weighted by molar-refractivity contribution is 6.07. The van der Waals surface area contributed by atoms with E-state index in [1.54, 1.807) is 31.3 Å². The second-order valence-corrected chi connectivity index (χ2v) is 3.35. The van der Waals surface area contributed by atoms with Gasteiger partial charge in [-0.1, -0.05) is 12.1 Å². The van der Waals surface area contributed by atoms with Gasteiger partial charge in [0, 0.05) is 7.05 Å². The number of aromatic nitrogens is 3. The summed E-state index contributed by atoms with van der Waals surface area (Å²) in [4.78, 5) is 15.9. The lowest BCUT2D eigenvalue weighted by Gasteiger charge is -2.08. The molecule has 2 rings (SSSR count). The molecule has 88 valence electrons. The van der Waals surface area contributed by atoms with E-state index in [1.165, 1.54) is 11.0 Å². The van der Waals surface area contributed by atoms with Crippen molar-refractivity contribution in [2.75, 3.05) is 10.7 Å². The van der Waals surface area contributed by atoms with Gasteiger partial charge in [-0.25, -0.2) is 4.68 Å². The third-order valence-corrected chi connectivity index (χ3v) is 2.26. The van der Waals surface area contributed by atoms with Crippen LogP contribution in [0.2, 0.25) is 0 Å². The fourth-order valence-corrected chi connectivity index (χ4v) is 1.39. The molecule has 1 amide bonds. The van der Waals surface area contributed by atoms with E-state index in [0.717, 1.165) is 0 Å². The van der Waals surface area contributed by atoms with Gasteiger partial charge in [0.2, 0.25) is 5.95 Å². The van der Waals surface area contributed by atoms with Gasteiger partial charge in [-0.05, 0) is 12.1 Å². The van der Waals surface area contributed by atoms with Crippen LogP contribution in [-0.4, -0.2) is 20.7 Å². The molecule has 0 spiro atoms. The number of nitrogens with one attached hydrogen (secondary N) is 2. The molecule has 0 aliphatic carbocycles. The molecule has 7 nitrogen and oxygen atoms in total. The first-order chi connectivity index (χ1) is 8.22. The Balaban J connectivity index is 2.23. The van der Waals surface area contributed by atoms with Gasteiger partial charge in [0.1, 0.15) is 6.33 Å². The van der Waals surface area contributed by atoms with Crippen LogP contribution in [-0.2, 0) is 7.05 Å². The fraction of sp³-hybridized carbons (Fsp3) is 0.100. The average Bonchev–Trinajstić information content (AvgIpc) is 2.75. The summed E-state index contributed by atoms with van der Waals surface area (Å²) in [5.41, 5.74) is 3.46. The standard InChI is InChI=1S/C10H12N6O/c1-16-10(12-6-13-16)14-9(17)7-4-2-3-5-8(7)15-11/h2-6,15H,11H2,1H3,(H,12,13,14,17). The second kappa shape index (κ2) is 4.62. The van der Waals surface area contributed by atoms with Gasteiger partial charge in [0.15, 0.2) is 0 Å². The van der Waals surface area contributed by atoms with Gasteiger partial charge in [-0.3, -0.25) is 16.0 Å². The number of anilines is 2. The van der Waals surface area contributed by atoms with Gasteiger partial charge >= 0.3 is 0 Å². The summed E-state index contributed by atoms with van der Waals surface area (Å²) in [6, 6.07) is 6.92. The highest BCUT2D eigenvalue weighted by atomic mass is 16.1. The van der Waals surface area contributed by atoms with Crippen LogP contribution in [0.1, 0.15) is 10.4 Å². The molecule has 0 aliphatic heterocycles. The lowest BCUT2D eigenvalue weighted by Crippen LogP contribution is -2.19. The van der Waals surface area contributed by atoms with E-state index in [1.807, 2.05) is 0 Å². The zero-order chi connectivity index (χ0) is 12.3. The van der Waals surface area contributed by atoms with Crippen LogP contribution < -0.4 is 16.6 Å². The molecule has 0 saturated carbocycles. The Bertz CT molecular complexity index is 535. The van der Waals surface area contributed by atoms with Crippen molar-refractivity contribution in [3.05, 3.63) is 36.2 Å². The van der Waals surface area contributed by atoms with E-state index < -0.39 is 0 Å². The van der Waals surface area contributed by atoms with Crippen LogP contribution in [0.15, 0.2) is 30.6 Å². The molecular formula is C10H12N6O. The molecule has 4 N–H and O–H groups in total. The summed E-state index contributed by atoms with van der Waals surface area (Å²) in [7, 11) is 1.69. The van der Waals surface area contributed by atoms with Crippen molar-refractivity contribution in [1.82, 2.24) is 14.8 Å². The molecule has 17 heavy (non-hydrogen) atoms. The molecule has 7 heteroatoms. The molecule has 1 aromatic heterocycles. The zero-order valence-corrected chi connectivity index (χ0v) is 9.21. The molecule has 0 fully saturated rings. The van der Waals surface area contributed by atoms with Crippen LogP contribution >= 0.6 is 0 Å². The Hall–Kier alpha value is -2.41. The first-order valence-electron chi connectivity index (χ1n) is 4.93. The van der Waals surface area contributed by atoms with Gasteiger partial charge in [0.25, 0.3) is 5.91 Å². The van der Waals surface area contributed by atoms with E-state index in [-0.39, 0.29) is 5.91 Å². The van der Waals surface area contributed by atoms with Gasteiger partial charge in [-0.2, -0.15) is 10.1 Å². The minimum atomic E-state index is -0.297. The zero-order valence-electron chi connectivity index (χ0n) is 9.21. The minimum Gasteiger partial charge on any atom is -0.323 e. The lowest BCUT2D eigenvalue weighted by molar-refractivity contribution is 0.102. The number of nitrogens with two attached hydrogens (primary N) is 1. The maximum absolute atomic E-state index is 12.0. The number of carbonyl (C=O) groups excluding carboxylic acids is 1. The number of nitrogen functional groups attached to an aromatic ring is 1. The number of hydrazine groups is 1. The normalized spacial score (nSPS) is 10.0. The number of hydrogen-bond donors (Lipinski definition) is 3. The van der Waals surface area contributed by atoms with Crippen molar-refractivity contribution in [3.63, 3.8) is 0 Å². The maximum atomic E-state index is 12.0. The molecule has 2 aromatic rings. The van der Waals surface area contributed by atoms with Gasteiger partial charge in [-0.15, -0.1) is 0 Å². The molecule has 1 aromatic carbocycles. The highest BCUT2D eigenvalue weighted by Crippen LogP contribution is 2.14. The largest absolute Gasteiger partial charge is 0.323 e. The van der Waals surface area contributed by atoms with Crippen molar-refractivity contribution in [2.24, 2.45) is 12.9 Å². The molecule has 0 radical (unpaired) electrons. The number of rotatable bonds is 3. The topological polar surface area (TPSA) is 97.9 Å². The average molecular weight is 232 g/mol. The lowest BCUT2D eigenvalue weighted by atomic mass is 10.1. The minimum absolute atomic E-state index is 0.297. The maximum Gasteiger partial charge on any atom is 0.260 e. The smallest absolute Gasteiger partial charge is 0.260 e. The molecule has 1 heterocycles. The molecule has 0 bridgehead atoms. The Kier molecular flexibility index (Phi) is 3.01. The van der Waals surface area contributed by atoms with Gasteiger partial charge < -0.3 is 5.43 Å². The van der Waals surface area contributed by atoms with E-state index >= 15 is 0 Å². The molecular weight excluding hydrogens is 220 g/mol. The van der Waals surface area contributed by atoms with E-state index in [2.05, 4.69) is 20.8 Å². The Morgan fingerprint density at radius 3 is 2.82 bits per heavy atom. The van der Waals surface area contributed by atoms with Crippen molar-refractivity contribution in [1.29, 1.82) is 0 Å². The van der Waals surface area contributed by atoms with E-state index in [9.17, 15) is 4.79 Å². The quantitative estimate of drug-likeness (QED) is 0.524. The summed E-state index contributed by atoms with van der Waals surface area (Å²) in [6.07, 6.45) is 1.36. The predicted molar refractivity (Wildman–Crippen MR) is 63.2 cm³/mol.